The summed E-state index contributed by atoms with van der Waals surface area (Å²) >= 11 is 3.56. The van der Waals surface area contributed by atoms with E-state index in [9.17, 15) is 19.3 Å². The number of carbonyl (C=O) groups is 1. The fraction of sp³-hybridized carbons (Fsp3) is 0.296. The number of halogens is 2. The molecule has 0 aromatic heterocycles. The van der Waals surface area contributed by atoms with Crippen LogP contribution in [-0.4, -0.2) is 42.0 Å². The van der Waals surface area contributed by atoms with Gasteiger partial charge < -0.3 is 14.8 Å². The maximum absolute atomic E-state index is 13.4. The number of likely N-dealkylation sites (N-methyl/N-ethyl adjacent to an activating group) is 1. The number of ether oxygens (including phenoxy) is 2. The van der Waals surface area contributed by atoms with Gasteiger partial charge in [-0.1, -0.05) is 30.3 Å². The smallest absolute Gasteiger partial charge is 0.256 e. The summed E-state index contributed by atoms with van der Waals surface area (Å²) in [6.45, 7) is 2.66. The number of nitrogens with zero attached hydrogens (tertiary/aromatic N) is 2. The molecule has 2 heterocycles. The van der Waals surface area contributed by atoms with Crippen molar-refractivity contribution in [2.24, 2.45) is 0 Å². The number of amides is 1. The first-order valence-corrected chi connectivity index (χ1v) is 12.7. The van der Waals surface area contributed by atoms with E-state index < -0.39 is 23.4 Å². The van der Waals surface area contributed by atoms with E-state index in [4.69, 9.17) is 9.47 Å². The molecule has 3 aromatic rings. The highest BCUT2D eigenvalue weighted by molar-refractivity contribution is 9.10. The summed E-state index contributed by atoms with van der Waals surface area (Å²) in [6, 6.07) is 15.4. The summed E-state index contributed by atoms with van der Waals surface area (Å²) in [7, 11) is 1.75. The first-order chi connectivity index (χ1) is 17.8. The number of hydrogen-bond acceptors (Lipinski definition) is 6. The molecule has 1 N–H and O–H groups in total. The van der Waals surface area contributed by atoms with Crippen molar-refractivity contribution in [2.75, 3.05) is 25.5 Å². The van der Waals surface area contributed by atoms with Gasteiger partial charge in [0.2, 0.25) is 0 Å². The second-order valence-corrected chi connectivity index (χ2v) is 10.0. The van der Waals surface area contributed by atoms with Crippen LogP contribution >= 0.6 is 15.9 Å². The number of hydrogen-bond donors (Lipinski definition) is 1. The molecule has 37 heavy (non-hydrogen) atoms. The van der Waals surface area contributed by atoms with Gasteiger partial charge in [-0.15, -0.1) is 0 Å². The van der Waals surface area contributed by atoms with Crippen molar-refractivity contribution >= 4 is 27.5 Å². The first kappa shape index (κ1) is 25.2. The van der Waals surface area contributed by atoms with Gasteiger partial charge >= 0.3 is 0 Å². The van der Waals surface area contributed by atoms with Crippen molar-refractivity contribution in [2.45, 2.75) is 31.0 Å². The average Bonchev–Trinajstić information content (AvgIpc) is 3.34. The Morgan fingerprint density at radius 3 is 2.62 bits per heavy atom. The van der Waals surface area contributed by atoms with E-state index in [1.165, 1.54) is 12.1 Å². The summed E-state index contributed by atoms with van der Waals surface area (Å²) in [6.07, 6.45) is 0. The Kier molecular flexibility index (Phi) is 6.63. The Morgan fingerprint density at radius 1 is 1.19 bits per heavy atom. The van der Waals surface area contributed by atoms with E-state index in [1.54, 1.807) is 60.5 Å². The quantitative estimate of drug-likeness (QED) is 0.314. The van der Waals surface area contributed by atoms with Gasteiger partial charge in [0, 0.05) is 22.7 Å². The molecule has 5 rings (SSSR count). The minimum atomic E-state index is -1.43. The summed E-state index contributed by atoms with van der Waals surface area (Å²) in [4.78, 5) is 27.4. The molecular weight excluding hydrogens is 545 g/mol. The first-order valence-electron chi connectivity index (χ1n) is 11.9. The van der Waals surface area contributed by atoms with Gasteiger partial charge in [0.1, 0.15) is 12.4 Å². The van der Waals surface area contributed by atoms with Crippen LogP contribution in [0.2, 0.25) is 0 Å². The molecule has 3 atom stereocenters. The van der Waals surface area contributed by atoms with Crippen LogP contribution in [0, 0.1) is 15.9 Å². The molecule has 3 aromatic carbocycles. The zero-order valence-corrected chi connectivity index (χ0v) is 21.8. The molecule has 1 saturated heterocycles. The van der Waals surface area contributed by atoms with Crippen LogP contribution in [0.4, 0.5) is 10.1 Å². The molecule has 1 spiro atoms. The zero-order valence-electron chi connectivity index (χ0n) is 20.2. The number of nitro groups is 1. The molecule has 0 unspecified atom stereocenters. The molecule has 2 aliphatic rings. The molecule has 2 aliphatic heterocycles. The van der Waals surface area contributed by atoms with Crippen molar-refractivity contribution in [1.82, 2.24) is 4.90 Å². The van der Waals surface area contributed by atoms with Gasteiger partial charge in [-0.05, 0) is 71.4 Å². The monoisotopic (exact) mass is 569 g/mol. The molecule has 1 amide bonds. The molecule has 0 aliphatic carbocycles. The SMILES string of the molecule is CCOc1cc([C@@H]2CN(C)[C@]3(C(=O)Nc4ccccc43)[C@H]2[N+](=O)[O-])cc(Br)c1OCc1ccc(F)cc1. The van der Waals surface area contributed by atoms with Gasteiger partial charge in [-0.25, -0.2) is 4.39 Å². The number of fused-ring (bicyclic) bond motifs is 2. The number of likely N-dealkylation sites (tertiary alicyclic amines) is 1. The summed E-state index contributed by atoms with van der Waals surface area (Å²) in [5.74, 6) is -0.460. The number of anilines is 1. The molecule has 0 bridgehead atoms. The molecule has 1 fully saturated rings. The average molecular weight is 570 g/mol. The Hall–Kier alpha value is -3.50. The second-order valence-electron chi connectivity index (χ2n) is 9.16. The maximum Gasteiger partial charge on any atom is 0.256 e. The normalized spacial score (nSPS) is 22.6. The minimum absolute atomic E-state index is 0.183. The predicted molar refractivity (Wildman–Crippen MR) is 139 cm³/mol. The summed E-state index contributed by atoms with van der Waals surface area (Å²) in [5.41, 5.74) is 1.20. The lowest BCUT2D eigenvalue weighted by Crippen LogP contribution is -2.54. The van der Waals surface area contributed by atoms with Gasteiger partial charge in [-0.3, -0.25) is 19.8 Å². The van der Waals surface area contributed by atoms with Crippen LogP contribution in [0.3, 0.4) is 0 Å². The number of benzene rings is 3. The van der Waals surface area contributed by atoms with E-state index >= 15 is 0 Å². The topological polar surface area (TPSA) is 93.9 Å². The molecule has 192 valence electrons. The number of para-hydroxylation sites is 1. The Bertz CT molecular complexity index is 1370. The van der Waals surface area contributed by atoms with Crippen LogP contribution in [0.25, 0.3) is 0 Å². The lowest BCUT2D eigenvalue weighted by molar-refractivity contribution is -0.534. The van der Waals surface area contributed by atoms with E-state index in [0.29, 0.717) is 45.9 Å². The van der Waals surface area contributed by atoms with E-state index in [1.807, 2.05) is 6.92 Å². The van der Waals surface area contributed by atoms with Crippen LogP contribution in [0.5, 0.6) is 11.5 Å². The Labute approximate surface area is 221 Å². The lowest BCUT2D eigenvalue weighted by atomic mass is 9.79. The number of nitrogens with one attached hydrogen (secondary N) is 1. The second kappa shape index (κ2) is 9.75. The fourth-order valence-corrected chi connectivity index (χ4v) is 6.10. The van der Waals surface area contributed by atoms with Crippen LogP contribution in [0.1, 0.15) is 29.5 Å². The van der Waals surface area contributed by atoms with Crippen molar-refractivity contribution in [3.05, 3.63) is 97.8 Å². The molecule has 10 heteroatoms. The third kappa shape index (κ3) is 4.14. The molecule has 8 nitrogen and oxygen atoms in total. The van der Waals surface area contributed by atoms with Crippen molar-refractivity contribution < 1.29 is 23.6 Å². The summed E-state index contributed by atoms with van der Waals surface area (Å²) in [5, 5.41) is 15.4. The maximum atomic E-state index is 13.4. The van der Waals surface area contributed by atoms with Crippen LogP contribution < -0.4 is 14.8 Å². The highest BCUT2D eigenvalue weighted by Crippen LogP contribution is 2.53. The lowest BCUT2D eigenvalue weighted by Gasteiger charge is -2.30. The van der Waals surface area contributed by atoms with Crippen molar-refractivity contribution in [3.8, 4) is 11.5 Å². The van der Waals surface area contributed by atoms with E-state index in [0.717, 1.165) is 5.56 Å². The number of carbonyl (C=O) groups excluding carboxylic acids is 1. The van der Waals surface area contributed by atoms with Gasteiger partial charge in [0.05, 0.1) is 17.0 Å². The van der Waals surface area contributed by atoms with Gasteiger partial charge in [0.25, 0.3) is 11.9 Å². The highest BCUT2D eigenvalue weighted by atomic mass is 79.9. The third-order valence-electron chi connectivity index (χ3n) is 7.10. The predicted octanol–water partition coefficient (Wildman–Crippen LogP) is 5.09. The molecular formula is C27H25BrFN3O5. The highest BCUT2D eigenvalue weighted by Gasteiger charge is 2.68. The van der Waals surface area contributed by atoms with E-state index in [2.05, 4.69) is 21.2 Å². The largest absolute Gasteiger partial charge is 0.490 e. The summed E-state index contributed by atoms with van der Waals surface area (Å²) < 4.78 is 25.7. The zero-order chi connectivity index (χ0) is 26.3. The molecule has 0 radical (unpaired) electrons. The molecule has 0 saturated carbocycles. The van der Waals surface area contributed by atoms with Gasteiger partial charge in [0.15, 0.2) is 17.0 Å². The fourth-order valence-electron chi connectivity index (χ4n) is 5.52. The minimum Gasteiger partial charge on any atom is -0.490 e. The van der Waals surface area contributed by atoms with Crippen molar-refractivity contribution in [3.63, 3.8) is 0 Å². The van der Waals surface area contributed by atoms with Gasteiger partial charge in [-0.2, -0.15) is 0 Å². The van der Waals surface area contributed by atoms with E-state index in [-0.39, 0.29) is 17.3 Å². The Balaban J connectivity index is 1.53. The van der Waals surface area contributed by atoms with Crippen molar-refractivity contribution in [1.29, 1.82) is 0 Å². The number of rotatable bonds is 7. The van der Waals surface area contributed by atoms with Crippen LogP contribution in [-0.2, 0) is 16.9 Å². The Morgan fingerprint density at radius 2 is 1.92 bits per heavy atom. The third-order valence-corrected chi connectivity index (χ3v) is 7.69. The van der Waals surface area contributed by atoms with Crippen LogP contribution in [0.15, 0.2) is 65.1 Å². The standard InChI is InChI=1S/C27H25BrFN3O5/c1-3-36-23-13-17(12-21(28)24(23)37-15-16-8-10-18(29)11-9-16)19-14-31(2)27(25(19)32(34)35)20-6-4-5-7-22(20)30-26(27)33/h4-13,19,25H,3,14-15H2,1-2H3,(H,30,33)/t19-,25-,27-/m0/s1.